The van der Waals surface area contributed by atoms with Gasteiger partial charge in [-0.15, -0.1) is 0 Å². The van der Waals surface area contributed by atoms with E-state index >= 15 is 0 Å². The Hall–Kier alpha value is -1.09. The molecule has 0 amide bonds. The van der Waals surface area contributed by atoms with E-state index in [1.165, 1.54) is 44.1 Å². The second-order valence-electron chi connectivity index (χ2n) is 6.71. The van der Waals surface area contributed by atoms with Crippen molar-refractivity contribution in [3.05, 3.63) is 23.9 Å². The molecule has 2 atom stereocenters. The van der Waals surface area contributed by atoms with E-state index in [1.54, 1.807) is 0 Å². The van der Waals surface area contributed by atoms with Gasteiger partial charge < -0.3 is 10.2 Å². The van der Waals surface area contributed by atoms with Gasteiger partial charge >= 0.3 is 0 Å². The summed E-state index contributed by atoms with van der Waals surface area (Å²) in [5.74, 6) is 2.00. The Morgan fingerprint density at radius 1 is 1.30 bits per heavy atom. The van der Waals surface area contributed by atoms with Crippen LogP contribution >= 0.6 is 0 Å². The maximum atomic E-state index is 4.58. The molecule has 110 valence electrons. The Morgan fingerprint density at radius 3 is 2.90 bits per heavy atom. The van der Waals surface area contributed by atoms with Crippen molar-refractivity contribution in [3.8, 4) is 0 Å². The molecule has 1 N–H and O–H groups in total. The number of nitrogens with one attached hydrogen (secondary N) is 1. The first kappa shape index (κ1) is 13.9. The molecule has 20 heavy (non-hydrogen) atoms. The van der Waals surface area contributed by atoms with Crippen LogP contribution in [0.15, 0.2) is 18.3 Å². The predicted octanol–water partition coefficient (Wildman–Crippen LogP) is 3.35. The highest BCUT2D eigenvalue weighted by Gasteiger charge is 2.23. The lowest BCUT2D eigenvalue weighted by Crippen LogP contribution is -2.36. The lowest BCUT2D eigenvalue weighted by Gasteiger charge is -2.35. The van der Waals surface area contributed by atoms with E-state index in [0.29, 0.717) is 6.04 Å². The summed E-state index contributed by atoms with van der Waals surface area (Å²) in [6.07, 6.45) is 10.0. The number of hydrogen-bond acceptors (Lipinski definition) is 3. The number of rotatable bonds is 5. The molecule has 0 spiro atoms. The Labute approximate surface area is 122 Å². The van der Waals surface area contributed by atoms with E-state index in [0.717, 1.165) is 24.3 Å². The maximum absolute atomic E-state index is 4.58. The lowest BCUT2D eigenvalue weighted by atomic mass is 9.86. The van der Waals surface area contributed by atoms with Crippen LogP contribution in [0.25, 0.3) is 0 Å². The average Bonchev–Trinajstić information content (AvgIpc) is 3.29. The van der Waals surface area contributed by atoms with Crippen LogP contribution in [0.5, 0.6) is 0 Å². The van der Waals surface area contributed by atoms with Crippen LogP contribution < -0.4 is 10.2 Å². The molecule has 2 aliphatic carbocycles. The summed E-state index contributed by atoms with van der Waals surface area (Å²) in [6.45, 7) is 3.36. The average molecular weight is 273 g/mol. The molecule has 2 saturated carbocycles. The first-order chi connectivity index (χ1) is 9.72. The molecule has 1 heterocycles. The Kier molecular flexibility index (Phi) is 4.25. The molecular weight excluding hydrogens is 246 g/mol. The van der Waals surface area contributed by atoms with Gasteiger partial charge in [-0.2, -0.15) is 0 Å². The molecule has 1 aromatic heterocycles. The van der Waals surface area contributed by atoms with Gasteiger partial charge in [-0.25, -0.2) is 4.98 Å². The quantitative estimate of drug-likeness (QED) is 0.891. The number of anilines is 1. The van der Waals surface area contributed by atoms with Gasteiger partial charge in [0.15, 0.2) is 0 Å². The van der Waals surface area contributed by atoms with Crippen molar-refractivity contribution in [1.29, 1.82) is 0 Å². The molecule has 2 fully saturated rings. The Bertz CT molecular complexity index is 442. The smallest absolute Gasteiger partial charge is 0.128 e. The minimum atomic E-state index is 0.665. The molecule has 1 aromatic rings. The van der Waals surface area contributed by atoms with E-state index < -0.39 is 0 Å². The van der Waals surface area contributed by atoms with Gasteiger partial charge in [0.25, 0.3) is 0 Å². The second kappa shape index (κ2) is 6.13. The summed E-state index contributed by atoms with van der Waals surface area (Å²) in [5, 5.41) is 3.58. The van der Waals surface area contributed by atoms with Crippen LogP contribution in [0.2, 0.25) is 0 Å². The third-order valence-corrected chi connectivity index (χ3v) is 4.80. The highest BCUT2D eigenvalue weighted by Crippen LogP contribution is 2.29. The minimum Gasteiger partial charge on any atom is -0.357 e. The van der Waals surface area contributed by atoms with Gasteiger partial charge in [0.2, 0.25) is 0 Å². The standard InChI is InChI=1S/C17H27N3/c1-13-4-3-5-16(10-13)20(2)17-11-14(8-9-18-17)12-19-15-6-7-15/h8-9,11,13,15-16,19H,3-7,10,12H2,1-2H3. The monoisotopic (exact) mass is 273 g/mol. The topological polar surface area (TPSA) is 28.2 Å². The lowest BCUT2D eigenvalue weighted by molar-refractivity contribution is 0.335. The normalized spacial score (nSPS) is 26.5. The van der Waals surface area contributed by atoms with Crippen LogP contribution in [-0.4, -0.2) is 24.1 Å². The SMILES string of the molecule is CC1CCCC(N(C)c2cc(CNC3CC3)ccn2)C1. The van der Waals surface area contributed by atoms with Crippen molar-refractivity contribution < 1.29 is 0 Å². The molecule has 0 radical (unpaired) electrons. The molecule has 0 aromatic carbocycles. The zero-order valence-electron chi connectivity index (χ0n) is 12.8. The van der Waals surface area contributed by atoms with Crippen LogP contribution in [0.1, 0.15) is 51.0 Å². The van der Waals surface area contributed by atoms with Crippen molar-refractivity contribution in [2.45, 2.75) is 64.1 Å². The molecule has 0 saturated heterocycles. The Balaban J connectivity index is 1.63. The first-order valence-corrected chi connectivity index (χ1v) is 8.13. The minimum absolute atomic E-state index is 0.665. The summed E-state index contributed by atoms with van der Waals surface area (Å²) in [7, 11) is 2.21. The number of pyridine rings is 1. The summed E-state index contributed by atoms with van der Waals surface area (Å²) < 4.78 is 0. The van der Waals surface area contributed by atoms with E-state index in [2.05, 4.69) is 41.3 Å². The van der Waals surface area contributed by atoms with Gasteiger partial charge in [-0.3, -0.25) is 0 Å². The second-order valence-corrected chi connectivity index (χ2v) is 6.71. The van der Waals surface area contributed by atoms with Crippen molar-refractivity contribution in [2.24, 2.45) is 5.92 Å². The molecule has 2 unspecified atom stereocenters. The van der Waals surface area contributed by atoms with Gasteiger partial charge in [-0.1, -0.05) is 19.8 Å². The van der Waals surface area contributed by atoms with Crippen molar-refractivity contribution >= 4 is 5.82 Å². The van der Waals surface area contributed by atoms with E-state index in [-0.39, 0.29) is 0 Å². The molecule has 3 heteroatoms. The highest BCUT2D eigenvalue weighted by atomic mass is 15.2. The zero-order valence-corrected chi connectivity index (χ0v) is 12.8. The summed E-state index contributed by atoms with van der Waals surface area (Å²) in [5.41, 5.74) is 1.36. The predicted molar refractivity (Wildman–Crippen MR) is 83.9 cm³/mol. The third-order valence-electron chi connectivity index (χ3n) is 4.80. The molecule has 0 bridgehead atoms. The van der Waals surface area contributed by atoms with Gasteiger partial charge in [0.05, 0.1) is 0 Å². The van der Waals surface area contributed by atoms with Gasteiger partial charge in [0.1, 0.15) is 5.82 Å². The molecule has 2 aliphatic rings. The summed E-state index contributed by atoms with van der Waals surface area (Å²) in [4.78, 5) is 6.98. The van der Waals surface area contributed by atoms with E-state index in [1.807, 2.05) is 6.20 Å². The van der Waals surface area contributed by atoms with Crippen molar-refractivity contribution in [3.63, 3.8) is 0 Å². The fraction of sp³-hybridized carbons (Fsp3) is 0.706. The zero-order chi connectivity index (χ0) is 13.9. The summed E-state index contributed by atoms with van der Waals surface area (Å²) in [6, 6.07) is 5.83. The number of aromatic nitrogens is 1. The number of hydrogen-bond donors (Lipinski definition) is 1. The van der Waals surface area contributed by atoms with Crippen molar-refractivity contribution in [1.82, 2.24) is 10.3 Å². The Morgan fingerprint density at radius 2 is 2.15 bits per heavy atom. The maximum Gasteiger partial charge on any atom is 0.128 e. The van der Waals surface area contributed by atoms with Gasteiger partial charge in [0, 0.05) is 31.9 Å². The largest absolute Gasteiger partial charge is 0.357 e. The van der Waals surface area contributed by atoms with Crippen LogP contribution in [-0.2, 0) is 6.54 Å². The van der Waals surface area contributed by atoms with Crippen LogP contribution in [0, 0.1) is 5.92 Å². The number of nitrogens with zero attached hydrogens (tertiary/aromatic N) is 2. The third kappa shape index (κ3) is 3.51. The molecule has 3 rings (SSSR count). The summed E-state index contributed by atoms with van der Waals surface area (Å²) >= 11 is 0. The molecule has 0 aliphatic heterocycles. The first-order valence-electron chi connectivity index (χ1n) is 8.13. The van der Waals surface area contributed by atoms with Crippen LogP contribution in [0.4, 0.5) is 5.82 Å². The fourth-order valence-electron chi connectivity index (χ4n) is 3.25. The van der Waals surface area contributed by atoms with E-state index in [4.69, 9.17) is 0 Å². The van der Waals surface area contributed by atoms with Crippen LogP contribution in [0.3, 0.4) is 0 Å². The molecular formula is C17H27N3. The highest BCUT2D eigenvalue weighted by molar-refractivity contribution is 5.41. The van der Waals surface area contributed by atoms with Crippen molar-refractivity contribution in [2.75, 3.05) is 11.9 Å². The van der Waals surface area contributed by atoms with Gasteiger partial charge in [-0.05, 0) is 49.3 Å². The van der Waals surface area contributed by atoms with E-state index in [9.17, 15) is 0 Å². The molecule has 3 nitrogen and oxygen atoms in total. The fourth-order valence-corrected chi connectivity index (χ4v) is 3.25.